The molecule has 118 valence electrons. The average molecular weight is 310 g/mol. The van der Waals surface area contributed by atoms with Gasteiger partial charge in [-0.15, -0.1) is 0 Å². The molecule has 2 N–H and O–H groups in total. The van der Waals surface area contributed by atoms with Gasteiger partial charge in [0.2, 0.25) is 10.0 Å². The molecule has 0 aromatic heterocycles. The van der Waals surface area contributed by atoms with E-state index in [9.17, 15) is 8.42 Å². The van der Waals surface area contributed by atoms with Crippen molar-refractivity contribution in [3.8, 4) is 0 Å². The minimum absolute atomic E-state index is 0.332. The fourth-order valence-corrected chi connectivity index (χ4v) is 3.98. The molecule has 2 unspecified atom stereocenters. The molecule has 0 heterocycles. The Morgan fingerprint density at radius 2 is 1.90 bits per heavy atom. The lowest BCUT2D eigenvalue weighted by atomic mass is 9.87. The monoisotopic (exact) mass is 310 g/mol. The zero-order chi connectivity index (χ0) is 15.3. The van der Waals surface area contributed by atoms with Crippen LogP contribution in [0.3, 0.4) is 0 Å². The molecule has 0 amide bonds. The van der Waals surface area contributed by atoms with Gasteiger partial charge in [-0.2, -0.15) is 0 Å². The molecule has 0 aliphatic heterocycles. The third-order valence-electron chi connectivity index (χ3n) is 4.01. The molecule has 2 atom stereocenters. The van der Waals surface area contributed by atoms with E-state index in [4.69, 9.17) is 0 Å². The first kappa shape index (κ1) is 16.3. The van der Waals surface area contributed by atoms with Crippen LogP contribution in [0.4, 0.5) is 5.69 Å². The fourth-order valence-electron chi connectivity index (χ4n) is 2.85. The van der Waals surface area contributed by atoms with Crippen LogP contribution in [0.25, 0.3) is 0 Å². The van der Waals surface area contributed by atoms with E-state index in [1.165, 1.54) is 25.7 Å². The second kappa shape index (κ2) is 7.27. The Morgan fingerprint density at radius 3 is 2.52 bits per heavy atom. The van der Waals surface area contributed by atoms with Gasteiger partial charge in [-0.05, 0) is 49.4 Å². The molecule has 5 heteroatoms. The van der Waals surface area contributed by atoms with Crippen LogP contribution < -0.4 is 10.0 Å². The second-order valence-electron chi connectivity index (χ2n) is 6.04. The lowest BCUT2D eigenvalue weighted by Gasteiger charge is -2.28. The predicted octanol–water partition coefficient (Wildman–Crippen LogP) is 3.37. The van der Waals surface area contributed by atoms with Crippen molar-refractivity contribution in [2.75, 3.05) is 11.9 Å². The van der Waals surface area contributed by atoms with Gasteiger partial charge >= 0.3 is 0 Å². The van der Waals surface area contributed by atoms with Crippen LogP contribution in [0.1, 0.15) is 46.0 Å². The van der Waals surface area contributed by atoms with Crippen LogP contribution in [0, 0.1) is 5.92 Å². The predicted molar refractivity (Wildman–Crippen MR) is 87.0 cm³/mol. The van der Waals surface area contributed by atoms with Gasteiger partial charge in [0, 0.05) is 18.3 Å². The number of hydrogen-bond acceptors (Lipinski definition) is 3. The summed E-state index contributed by atoms with van der Waals surface area (Å²) in [6, 6.07) is 7.58. The molecule has 1 aliphatic rings. The molecule has 2 rings (SSSR count). The highest BCUT2D eigenvalue weighted by Gasteiger charge is 2.19. The van der Waals surface area contributed by atoms with Gasteiger partial charge < -0.3 is 5.32 Å². The molecule has 0 spiro atoms. The maximum Gasteiger partial charge on any atom is 0.240 e. The van der Waals surface area contributed by atoms with E-state index in [2.05, 4.69) is 17.0 Å². The Bertz CT molecular complexity index is 540. The van der Waals surface area contributed by atoms with Crippen molar-refractivity contribution >= 4 is 15.7 Å². The minimum Gasteiger partial charge on any atom is -0.382 e. The number of benzene rings is 1. The molecule has 1 aromatic carbocycles. The molecule has 1 aromatic rings. The highest BCUT2D eigenvalue weighted by Crippen LogP contribution is 2.26. The van der Waals surface area contributed by atoms with Crippen molar-refractivity contribution < 1.29 is 8.42 Å². The third kappa shape index (κ3) is 4.71. The molecule has 4 nitrogen and oxygen atoms in total. The Labute approximate surface area is 128 Å². The summed E-state index contributed by atoms with van der Waals surface area (Å²) in [5.41, 5.74) is 1.00. The van der Waals surface area contributed by atoms with Crippen molar-refractivity contribution in [1.82, 2.24) is 4.72 Å². The molecule has 0 bridgehead atoms. The van der Waals surface area contributed by atoms with Gasteiger partial charge in [0.1, 0.15) is 0 Å². The van der Waals surface area contributed by atoms with E-state index in [1.54, 1.807) is 12.1 Å². The summed E-state index contributed by atoms with van der Waals surface area (Å²) in [7, 11) is -3.36. The minimum atomic E-state index is -3.36. The molecular weight excluding hydrogens is 284 g/mol. The smallest absolute Gasteiger partial charge is 0.240 e. The zero-order valence-corrected chi connectivity index (χ0v) is 13.7. The van der Waals surface area contributed by atoms with Crippen molar-refractivity contribution in [1.29, 1.82) is 0 Å². The van der Waals surface area contributed by atoms with Gasteiger partial charge in [0.25, 0.3) is 0 Å². The van der Waals surface area contributed by atoms with Crippen LogP contribution in [-0.4, -0.2) is 21.0 Å². The highest BCUT2D eigenvalue weighted by molar-refractivity contribution is 7.89. The van der Waals surface area contributed by atoms with Crippen LogP contribution >= 0.6 is 0 Å². The molecular formula is C16H26N2O2S. The molecule has 0 saturated heterocycles. The van der Waals surface area contributed by atoms with E-state index in [0.717, 1.165) is 18.0 Å². The van der Waals surface area contributed by atoms with Crippen LogP contribution in [-0.2, 0) is 10.0 Å². The summed E-state index contributed by atoms with van der Waals surface area (Å²) < 4.78 is 26.6. The van der Waals surface area contributed by atoms with Crippen LogP contribution in [0.15, 0.2) is 29.2 Å². The number of hydrogen-bond donors (Lipinski definition) is 2. The summed E-state index contributed by atoms with van der Waals surface area (Å²) in [5, 5.41) is 3.52. The normalized spacial score (nSPS) is 23.0. The van der Waals surface area contributed by atoms with Gasteiger partial charge in [-0.25, -0.2) is 13.1 Å². The van der Waals surface area contributed by atoms with E-state index in [0.29, 0.717) is 17.5 Å². The summed E-state index contributed by atoms with van der Waals surface area (Å²) in [5.74, 6) is 0.772. The standard InChI is InChI=1S/C16H26N2O2S/c1-3-11-17-21(19,20)16-9-7-14(8-10-16)18-15-6-4-5-13(2)12-15/h7-10,13,15,17-18H,3-6,11-12H2,1-2H3. The largest absolute Gasteiger partial charge is 0.382 e. The highest BCUT2D eigenvalue weighted by atomic mass is 32.2. The average Bonchev–Trinajstić information content (AvgIpc) is 2.46. The van der Waals surface area contributed by atoms with E-state index < -0.39 is 10.0 Å². The number of sulfonamides is 1. The Balaban J connectivity index is 1.98. The Morgan fingerprint density at radius 1 is 1.19 bits per heavy atom. The molecule has 21 heavy (non-hydrogen) atoms. The first-order valence-corrected chi connectivity index (χ1v) is 9.36. The van der Waals surface area contributed by atoms with Gasteiger partial charge in [0.15, 0.2) is 0 Å². The summed E-state index contributed by atoms with van der Waals surface area (Å²) in [6.07, 6.45) is 5.77. The van der Waals surface area contributed by atoms with Crippen molar-refractivity contribution in [3.63, 3.8) is 0 Å². The van der Waals surface area contributed by atoms with E-state index in [1.807, 2.05) is 19.1 Å². The Kier molecular flexibility index (Phi) is 5.65. The van der Waals surface area contributed by atoms with Gasteiger partial charge in [-0.3, -0.25) is 0 Å². The SMILES string of the molecule is CCCNS(=O)(=O)c1ccc(NC2CCCC(C)C2)cc1. The maximum atomic E-state index is 12.0. The number of anilines is 1. The van der Waals surface area contributed by atoms with Crippen molar-refractivity contribution in [2.45, 2.75) is 56.9 Å². The van der Waals surface area contributed by atoms with Gasteiger partial charge in [-0.1, -0.05) is 26.7 Å². The number of rotatable bonds is 6. The molecule has 0 radical (unpaired) electrons. The molecule has 1 aliphatic carbocycles. The lowest BCUT2D eigenvalue weighted by molar-refractivity contribution is 0.358. The van der Waals surface area contributed by atoms with Crippen molar-refractivity contribution in [3.05, 3.63) is 24.3 Å². The maximum absolute atomic E-state index is 12.0. The Hall–Kier alpha value is -1.07. The number of nitrogens with one attached hydrogen (secondary N) is 2. The van der Waals surface area contributed by atoms with Crippen LogP contribution in [0.2, 0.25) is 0 Å². The fraction of sp³-hybridized carbons (Fsp3) is 0.625. The first-order valence-electron chi connectivity index (χ1n) is 7.87. The van der Waals surface area contributed by atoms with Gasteiger partial charge in [0.05, 0.1) is 4.90 Å². The molecule has 1 saturated carbocycles. The first-order chi connectivity index (χ1) is 10.0. The zero-order valence-electron chi connectivity index (χ0n) is 12.9. The lowest BCUT2D eigenvalue weighted by Crippen LogP contribution is -2.26. The third-order valence-corrected chi connectivity index (χ3v) is 5.49. The quantitative estimate of drug-likeness (QED) is 0.847. The van der Waals surface area contributed by atoms with Crippen molar-refractivity contribution in [2.24, 2.45) is 5.92 Å². The summed E-state index contributed by atoms with van der Waals surface area (Å²) in [4.78, 5) is 0.332. The van der Waals surface area contributed by atoms with E-state index in [-0.39, 0.29) is 0 Å². The molecule has 1 fully saturated rings. The topological polar surface area (TPSA) is 58.2 Å². The van der Waals surface area contributed by atoms with E-state index >= 15 is 0 Å². The van der Waals surface area contributed by atoms with Crippen LogP contribution in [0.5, 0.6) is 0 Å². The second-order valence-corrected chi connectivity index (χ2v) is 7.80. The summed E-state index contributed by atoms with van der Waals surface area (Å²) in [6.45, 7) is 4.71. The summed E-state index contributed by atoms with van der Waals surface area (Å²) >= 11 is 0.